The van der Waals surface area contributed by atoms with E-state index in [-0.39, 0.29) is 30.6 Å². The van der Waals surface area contributed by atoms with Crippen LogP contribution in [-0.4, -0.2) is 41.7 Å². The topological polar surface area (TPSA) is 91.4 Å². The maximum absolute atomic E-state index is 12.7. The van der Waals surface area contributed by atoms with Crippen LogP contribution in [0.15, 0.2) is 12.1 Å². The predicted octanol–water partition coefficient (Wildman–Crippen LogP) is 3.44. The number of carbonyl (C=O) groups is 3. The number of hydrogen-bond acceptors (Lipinski definition) is 5. The summed E-state index contributed by atoms with van der Waals surface area (Å²) in [5, 5.41) is 5.96. The zero-order chi connectivity index (χ0) is 21.0. The van der Waals surface area contributed by atoms with Crippen LogP contribution in [0.25, 0.3) is 0 Å². The Morgan fingerprint density at radius 3 is 2.18 bits per heavy atom. The maximum atomic E-state index is 12.7. The number of nitrogens with one attached hydrogen (secondary N) is 2. The lowest BCUT2D eigenvalue weighted by atomic mass is 10.1. The summed E-state index contributed by atoms with van der Waals surface area (Å²) in [6.45, 7) is 7.65. The minimum Gasteiger partial charge on any atom is -0.349 e. The zero-order valence-electron chi connectivity index (χ0n) is 17.1. The summed E-state index contributed by atoms with van der Waals surface area (Å²) < 4.78 is 0. The van der Waals surface area contributed by atoms with Gasteiger partial charge in [-0.1, -0.05) is 29.0 Å². The van der Waals surface area contributed by atoms with E-state index in [1.165, 1.54) is 4.90 Å². The molecule has 2 aromatic rings. The summed E-state index contributed by atoms with van der Waals surface area (Å²) in [4.78, 5) is 42.5. The summed E-state index contributed by atoms with van der Waals surface area (Å²) in [5.74, 6) is -0.677. The van der Waals surface area contributed by atoms with Crippen molar-refractivity contribution in [2.75, 3.05) is 24.7 Å². The molecule has 7 nitrogen and oxygen atoms in total. The molecule has 2 N–H and O–H groups in total. The molecule has 0 aliphatic heterocycles. The number of benzene rings is 1. The summed E-state index contributed by atoms with van der Waals surface area (Å²) in [6, 6.07) is 4.03. The van der Waals surface area contributed by atoms with Gasteiger partial charge in [0.05, 0.1) is 5.69 Å². The molecule has 0 saturated heterocycles. The van der Waals surface area contributed by atoms with Gasteiger partial charge in [0.2, 0.25) is 11.8 Å². The van der Waals surface area contributed by atoms with Crippen LogP contribution in [0.5, 0.6) is 0 Å². The molecule has 0 atom stereocenters. The van der Waals surface area contributed by atoms with Gasteiger partial charge in [-0.05, 0) is 38.8 Å². The van der Waals surface area contributed by atoms with E-state index in [4.69, 9.17) is 0 Å². The third-order valence-electron chi connectivity index (χ3n) is 4.23. The molecule has 0 radical (unpaired) electrons. The smallest absolute Gasteiger partial charge is 0.267 e. The molecule has 0 aliphatic rings. The standard InChI is InChI=1S/C20H26N4O3S/c1-11-9-12(2)17(13(3)10-11)23-19(27)18-14(4)21-20(28-18)22-15(25)7-8-16(26)24(5)6/h9-10H,7-8H2,1-6H3,(H,23,27)(H,21,22,25). The fourth-order valence-corrected chi connectivity index (χ4v) is 3.71. The number of rotatable bonds is 6. The van der Waals surface area contributed by atoms with Crippen LogP contribution in [0.4, 0.5) is 10.8 Å². The first-order chi connectivity index (χ1) is 13.1. The van der Waals surface area contributed by atoms with E-state index in [1.807, 2.05) is 32.9 Å². The first kappa shape index (κ1) is 21.6. The number of thiazole rings is 1. The molecular formula is C20H26N4O3S. The van der Waals surface area contributed by atoms with Gasteiger partial charge in [-0.3, -0.25) is 14.4 Å². The SMILES string of the molecule is Cc1cc(C)c(NC(=O)c2sc(NC(=O)CCC(=O)N(C)C)nc2C)c(C)c1. The second-order valence-corrected chi connectivity index (χ2v) is 8.00. The Bertz CT molecular complexity index is 895. The first-order valence-corrected chi connectivity index (χ1v) is 9.76. The molecule has 0 saturated carbocycles. The molecule has 0 fully saturated rings. The van der Waals surface area contributed by atoms with Gasteiger partial charge in [0, 0.05) is 32.6 Å². The lowest BCUT2D eigenvalue weighted by Gasteiger charge is -2.12. The third-order valence-corrected chi connectivity index (χ3v) is 5.30. The lowest BCUT2D eigenvalue weighted by molar-refractivity contribution is -0.130. The molecule has 3 amide bonds. The Morgan fingerprint density at radius 1 is 1.00 bits per heavy atom. The van der Waals surface area contributed by atoms with Crippen molar-refractivity contribution >= 4 is 39.9 Å². The zero-order valence-corrected chi connectivity index (χ0v) is 17.9. The van der Waals surface area contributed by atoms with Crippen molar-refractivity contribution in [2.45, 2.75) is 40.5 Å². The van der Waals surface area contributed by atoms with E-state index in [9.17, 15) is 14.4 Å². The van der Waals surface area contributed by atoms with Gasteiger partial charge in [0.1, 0.15) is 4.88 Å². The molecule has 8 heteroatoms. The molecule has 1 aromatic carbocycles. The summed E-state index contributed by atoms with van der Waals surface area (Å²) in [5.41, 5.74) is 4.46. The van der Waals surface area contributed by atoms with Crippen molar-refractivity contribution in [3.63, 3.8) is 0 Å². The summed E-state index contributed by atoms with van der Waals surface area (Å²) in [6.07, 6.45) is 0.196. The highest BCUT2D eigenvalue weighted by Gasteiger charge is 2.18. The van der Waals surface area contributed by atoms with Gasteiger partial charge >= 0.3 is 0 Å². The molecule has 0 spiro atoms. The van der Waals surface area contributed by atoms with Crippen molar-refractivity contribution in [3.05, 3.63) is 39.4 Å². The lowest BCUT2D eigenvalue weighted by Crippen LogP contribution is -2.23. The van der Waals surface area contributed by atoms with Crippen molar-refractivity contribution < 1.29 is 14.4 Å². The van der Waals surface area contributed by atoms with E-state index < -0.39 is 0 Å². The number of nitrogens with zero attached hydrogens (tertiary/aromatic N) is 2. The van der Waals surface area contributed by atoms with Crippen LogP contribution in [0.2, 0.25) is 0 Å². The maximum Gasteiger partial charge on any atom is 0.267 e. The Morgan fingerprint density at radius 2 is 1.61 bits per heavy atom. The van der Waals surface area contributed by atoms with E-state index in [0.29, 0.717) is 15.7 Å². The number of carbonyl (C=O) groups excluding carboxylic acids is 3. The van der Waals surface area contributed by atoms with Crippen LogP contribution in [0, 0.1) is 27.7 Å². The molecule has 1 aromatic heterocycles. The van der Waals surface area contributed by atoms with Crippen molar-refractivity contribution in [1.82, 2.24) is 9.88 Å². The molecular weight excluding hydrogens is 376 g/mol. The number of aromatic nitrogens is 1. The molecule has 1 heterocycles. The Labute approximate surface area is 169 Å². The highest BCUT2D eigenvalue weighted by molar-refractivity contribution is 7.17. The molecule has 150 valence electrons. The van der Waals surface area contributed by atoms with Crippen LogP contribution in [-0.2, 0) is 9.59 Å². The second kappa shape index (κ2) is 8.97. The fourth-order valence-electron chi connectivity index (χ4n) is 2.83. The minimum atomic E-state index is -0.305. The third kappa shape index (κ3) is 5.39. The Balaban J connectivity index is 2.06. The highest BCUT2D eigenvalue weighted by atomic mass is 32.1. The number of amides is 3. The second-order valence-electron chi connectivity index (χ2n) is 7.00. The van der Waals surface area contributed by atoms with Crippen molar-refractivity contribution in [2.24, 2.45) is 0 Å². The van der Waals surface area contributed by atoms with Crippen molar-refractivity contribution in [3.8, 4) is 0 Å². The van der Waals surface area contributed by atoms with Crippen LogP contribution < -0.4 is 10.6 Å². The van der Waals surface area contributed by atoms with Gasteiger partial charge in [-0.15, -0.1) is 0 Å². The number of anilines is 2. The molecule has 2 rings (SSSR count). The van der Waals surface area contributed by atoms with Crippen LogP contribution in [0.1, 0.15) is 44.9 Å². The summed E-state index contributed by atoms with van der Waals surface area (Å²) >= 11 is 1.12. The number of aryl methyl sites for hydroxylation is 4. The highest BCUT2D eigenvalue weighted by Crippen LogP contribution is 2.27. The number of hydrogen-bond donors (Lipinski definition) is 2. The van der Waals surface area contributed by atoms with Gasteiger partial charge in [-0.25, -0.2) is 4.98 Å². The Hall–Kier alpha value is -2.74. The molecule has 0 bridgehead atoms. The summed E-state index contributed by atoms with van der Waals surface area (Å²) in [7, 11) is 3.29. The quantitative estimate of drug-likeness (QED) is 0.774. The minimum absolute atomic E-state index is 0.0684. The van der Waals surface area contributed by atoms with E-state index >= 15 is 0 Å². The molecule has 0 aliphatic carbocycles. The van der Waals surface area contributed by atoms with Gasteiger partial charge in [0.15, 0.2) is 5.13 Å². The average Bonchev–Trinajstić information content (AvgIpc) is 2.95. The van der Waals surface area contributed by atoms with E-state index in [2.05, 4.69) is 15.6 Å². The average molecular weight is 403 g/mol. The molecule has 28 heavy (non-hydrogen) atoms. The van der Waals surface area contributed by atoms with Gasteiger partial charge in [-0.2, -0.15) is 0 Å². The monoisotopic (exact) mass is 402 g/mol. The van der Waals surface area contributed by atoms with E-state index in [1.54, 1.807) is 21.0 Å². The van der Waals surface area contributed by atoms with Crippen LogP contribution in [0.3, 0.4) is 0 Å². The fraction of sp³-hybridized carbons (Fsp3) is 0.400. The normalized spacial score (nSPS) is 10.5. The Kier molecular flexibility index (Phi) is 6.90. The largest absolute Gasteiger partial charge is 0.349 e. The predicted molar refractivity (Wildman–Crippen MR) is 112 cm³/mol. The van der Waals surface area contributed by atoms with Gasteiger partial charge in [0.25, 0.3) is 5.91 Å². The first-order valence-electron chi connectivity index (χ1n) is 8.95. The van der Waals surface area contributed by atoms with Crippen LogP contribution >= 0.6 is 11.3 Å². The van der Waals surface area contributed by atoms with Crippen molar-refractivity contribution in [1.29, 1.82) is 0 Å². The molecule has 0 unspecified atom stereocenters. The van der Waals surface area contributed by atoms with E-state index in [0.717, 1.165) is 33.7 Å². The van der Waals surface area contributed by atoms with Gasteiger partial charge < -0.3 is 15.5 Å².